The molecule has 0 radical (unpaired) electrons. The van der Waals surface area contributed by atoms with Crippen LogP contribution in [0.4, 0.5) is 5.69 Å². The van der Waals surface area contributed by atoms with Gasteiger partial charge in [-0.3, -0.25) is 4.79 Å². The van der Waals surface area contributed by atoms with Crippen molar-refractivity contribution in [3.8, 4) is 5.75 Å². The van der Waals surface area contributed by atoms with Crippen LogP contribution in [0.2, 0.25) is 0 Å². The van der Waals surface area contributed by atoms with Crippen molar-refractivity contribution in [1.29, 1.82) is 0 Å². The van der Waals surface area contributed by atoms with Gasteiger partial charge in [-0.1, -0.05) is 19.1 Å². The molecule has 1 N–H and O–H groups in total. The lowest BCUT2D eigenvalue weighted by atomic mass is 10.2. The fourth-order valence-corrected chi connectivity index (χ4v) is 3.32. The predicted molar refractivity (Wildman–Crippen MR) is 104 cm³/mol. The Morgan fingerprint density at radius 2 is 2.12 bits per heavy atom. The number of carbonyl (C=O) groups excluding carboxylic acids is 1. The highest BCUT2D eigenvalue weighted by molar-refractivity contribution is 7.18. The predicted octanol–water partition coefficient (Wildman–Crippen LogP) is 5.14. The van der Waals surface area contributed by atoms with Crippen LogP contribution in [0.3, 0.4) is 0 Å². The molecule has 0 bridgehead atoms. The molecule has 25 heavy (non-hydrogen) atoms. The third-order valence-corrected chi connectivity index (χ3v) is 5.32. The van der Waals surface area contributed by atoms with Crippen LogP contribution in [0.5, 0.6) is 5.75 Å². The third-order valence-electron chi connectivity index (χ3n) is 3.80. The highest BCUT2D eigenvalue weighted by Crippen LogP contribution is 2.25. The molecule has 4 nitrogen and oxygen atoms in total. The van der Waals surface area contributed by atoms with Crippen LogP contribution in [0, 0.1) is 6.92 Å². The van der Waals surface area contributed by atoms with Crippen molar-refractivity contribution in [2.75, 3.05) is 5.32 Å². The Balaban J connectivity index is 1.65. The SMILES string of the molecule is CCC(Cl)C(=O)Nc1ccc(OCc2nc3ccccc3s2)cc1C. The van der Waals surface area contributed by atoms with E-state index in [-0.39, 0.29) is 5.91 Å². The summed E-state index contributed by atoms with van der Waals surface area (Å²) in [6.45, 7) is 4.22. The van der Waals surface area contributed by atoms with Crippen LogP contribution < -0.4 is 10.1 Å². The lowest BCUT2D eigenvalue weighted by Crippen LogP contribution is -2.22. The van der Waals surface area contributed by atoms with Gasteiger partial charge in [0.1, 0.15) is 22.7 Å². The number of ether oxygens (including phenoxy) is 1. The van der Waals surface area contributed by atoms with Crippen molar-refractivity contribution in [3.63, 3.8) is 0 Å². The summed E-state index contributed by atoms with van der Waals surface area (Å²) < 4.78 is 6.99. The molecule has 130 valence electrons. The van der Waals surface area contributed by atoms with Crippen molar-refractivity contribution in [2.45, 2.75) is 32.3 Å². The summed E-state index contributed by atoms with van der Waals surface area (Å²) in [4.78, 5) is 16.5. The number of amides is 1. The quantitative estimate of drug-likeness (QED) is 0.608. The second kappa shape index (κ2) is 7.85. The van der Waals surface area contributed by atoms with Crippen molar-refractivity contribution < 1.29 is 9.53 Å². The number of alkyl halides is 1. The van der Waals surface area contributed by atoms with E-state index < -0.39 is 5.38 Å². The summed E-state index contributed by atoms with van der Waals surface area (Å²) in [6.07, 6.45) is 0.593. The normalized spacial score (nSPS) is 12.1. The standard InChI is InChI=1S/C19H19ClN2O2S/c1-3-14(20)19(23)22-15-9-8-13(10-12(15)2)24-11-18-21-16-6-4-5-7-17(16)25-18/h4-10,14H,3,11H2,1-2H3,(H,22,23). The van der Waals surface area contributed by atoms with E-state index in [9.17, 15) is 4.79 Å². The lowest BCUT2D eigenvalue weighted by Gasteiger charge is -2.12. The fraction of sp³-hybridized carbons (Fsp3) is 0.263. The Kier molecular flexibility index (Phi) is 5.56. The summed E-state index contributed by atoms with van der Waals surface area (Å²) >= 11 is 7.59. The lowest BCUT2D eigenvalue weighted by molar-refractivity contribution is -0.115. The van der Waals surface area contributed by atoms with Gasteiger partial charge in [-0.2, -0.15) is 0 Å². The number of aryl methyl sites for hydroxylation is 1. The van der Waals surface area contributed by atoms with Gasteiger partial charge in [0.2, 0.25) is 5.91 Å². The molecule has 1 heterocycles. The monoisotopic (exact) mass is 374 g/mol. The largest absolute Gasteiger partial charge is 0.486 e. The maximum Gasteiger partial charge on any atom is 0.242 e. The van der Waals surface area contributed by atoms with Gasteiger partial charge in [-0.25, -0.2) is 4.98 Å². The second-order valence-corrected chi connectivity index (χ2v) is 7.35. The minimum Gasteiger partial charge on any atom is -0.486 e. The molecule has 0 saturated carbocycles. The number of benzene rings is 2. The van der Waals surface area contributed by atoms with E-state index in [2.05, 4.69) is 16.4 Å². The minimum atomic E-state index is -0.519. The highest BCUT2D eigenvalue weighted by atomic mass is 35.5. The molecule has 1 unspecified atom stereocenters. The van der Waals surface area contributed by atoms with Crippen LogP contribution in [-0.2, 0) is 11.4 Å². The van der Waals surface area contributed by atoms with E-state index in [0.29, 0.717) is 13.0 Å². The van der Waals surface area contributed by atoms with E-state index in [1.165, 1.54) is 0 Å². The molecule has 0 aliphatic carbocycles. The maximum atomic E-state index is 11.9. The number of anilines is 1. The van der Waals surface area contributed by atoms with Crippen molar-refractivity contribution >= 4 is 44.7 Å². The Morgan fingerprint density at radius 3 is 2.84 bits per heavy atom. The van der Waals surface area contributed by atoms with E-state index in [1.807, 2.05) is 50.2 Å². The number of hydrogen-bond acceptors (Lipinski definition) is 4. The number of rotatable bonds is 6. The smallest absolute Gasteiger partial charge is 0.242 e. The summed E-state index contributed by atoms with van der Waals surface area (Å²) in [5.74, 6) is 0.558. The van der Waals surface area contributed by atoms with Gasteiger partial charge >= 0.3 is 0 Å². The van der Waals surface area contributed by atoms with Gasteiger partial charge in [-0.15, -0.1) is 22.9 Å². The molecule has 1 aromatic heterocycles. The van der Waals surface area contributed by atoms with E-state index in [0.717, 1.165) is 32.2 Å². The van der Waals surface area contributed by atoms with Crippen LogP contribution in [0.1, 0.15) is 23.9 Å². The van der Waals surface area contributed by atoms with Gasteiger partial charge in [0.05, 0.1) is 10.2 Å². The summed E-state index contributed by atoms with van der Waals surface area (Å²) in [6, 6.07) is 13.6. The first-order valence-electron chi connectivity index (χ1n) is 8.09. The van der Waals surface area contributed by atoms with Crippen LogP contribution in [-0.4, -0.2) is 16.3 Å². The van der Waals surface area contributed by atoms with Crippen LogP contribution in [0.25, 0.3) is 10.2 Å². The Hall–Kier alpha value is -2.11. The number of thiazole rings is 1. The summed E-state index contributed by atoms with van der Waals surface area (Å²) in [5.41, 5.74) is 2.67. The molecule has 3 aromatic rings. The van der Waals surface area contributed by atoms with Gasteiger partial charge in [0, 0.05) is 5.69 Å². The third kappa shape index (κ3) is 4.30. The highest BCUT2D eigenvalue weighted by Gasteiger charge is 2.14. The number of carbonyl (C=O) groups is 1. The number of fused-ring (bicyclic) bond motifs is 1. The average molecular weight is 375 g/mol. The summed E-state index contributed by atoms with van der Waals surface area (Å²) in [7, 11) is 0. The van der Waals surface area contributed by atoms with Gasteiger partial charge in [-0.05, 0) is 49.2 Å². The number of nitrogens with zero attached hydrogens (tertiary/aromatic N) is 1. The Bertz CT molecular complexity index is 861. The van der Waals surface area contributed by atoms with Crippen LogP contribution >= 0.6 is 22.9 Å². The second-order valence-electron chi connectivity index (χ2n) is 5.71. The van der Waals surface area contributed by atoms with Crippen molar-refractivity contribution in [2.24, 2.45) is 0 Å². The zero-order valence-corrected chi connectivity index (χ0v) is 15.7. The zero-order chi connectivity index (χ0) is 17.8. The molecule has 0 saturated heterocycles. The number of aromatic nitrogens is 1. The van der Waals surface area contributed by atoms with Crippen LogP contribution in [0.15, 0.2) is 42.5 Å². The maximum absolute atomic E-state index is 11.9. The van der Waals surface area contributed by atoms with E-state index in [1.54, 1.807) is 11.3 Å². The number of nitrogens with one attached hydrogen (secondary N) is 1. The number of para-hydroxylation sites is 1. The minimum absolute atomic E-state index is 0.185. The molecule has 1 atom stereocenters. The molecule has 1 amide bonds. The molecule has 2 aromatic carbocycles. The van der Waals surface area contributed by atoms with Gasteiger partial charge < -0.3 is 10.1 Å². The Morgan fingerprint density at radius 1 is 1.32 bits per heavy atom. The average Bonchev–Trinajstić information content (AvgIpc) is 3.04. The first-order valence-corrected chi connectivity index (χ1v) is 9.35. The number of hydrogen-bond donors (Lipinski definition) is 1. The van der Waals surface area contributed by atoms with Crippen molar-refractivity contribution in [3.05, 3.63) is 53.0 Å². The van der Waals surface area contributed by atoms with Gasteiger partial charge in [0.15, 0.2) is 0 Å². The van der Waals surface area contributed by atoms with Crippen molar-refractivity contribution in [1.82, 2.24) is 4.98 Å². The Labute approximate surface area is 155 Å². The zero-order valence-electron chi connectivity index (χ0n) is 14.1. The van der Waals surface area contributed by atoms with E-state index in [4.69, 9.17) is 16.3 Å². The molecule has 3 rings (SSSR count). The molecule has 0 aliphatic rings. The molecule has 0 aliphatic heterocycles. The molecular weight excluding hydrogens is 356 g/mol. The fourth-order valence-electron chi connectivity index (χ4n) is 2.39. The first-order chi connectivity index (χ1) is 12.1. The van der Waals surface area contributed by atoms with Gasteiger partial charge in [0.25, 0.3) is 0 Å². The topological polar surface area (TPSA) is 51.2 Å². The summed E-state index contributed by atoms with van der Waals surface area (Å²) in [5, 5.41) is 3.26. The first kappa shape index (κ1) is 17.7. The molecular formula is C19H19ClN2O2S. The molecule has 0 spiro atoms. The molecule has 6 heteroatoms. The number of halogens is 1. The van der Waals surface area contributed by atoms with E-state index >= 15 is 0 Å². The molecule has 0 fully saturated rings.